The van der Waals surface area contributed by atoms with Crippen LogP contribution in [0.15, 0.2) is 36.5 Å². The molecule has 1 aliphatic heterocycles. The van der Waals surface area contributed by atoms with Crippen LogP contribution in [0.5, 0.6) is 11.8 Å². The summed E-state index contributed by atoms with van der Waals surface area (Å²) in [5.41, 5.74) is 1.53. The molecule has 0 amide bonds. The zero-order valence-corrected chi connectivity index (χ0v) is 19.1. The topological polar surface area (TPSA) is 70.5 Å². The smallest absolute Gasteiger partial charge is 0.325 e. The van der Waals surface area contributed by atoms with Crippen LogP contribution < -0.4 is 9.47 Å². The summed E-state index contributed by atoms with van der Waals surface area (Å²) in [5, 5.41) is 0. The van der Waals surface area contributed by atoms with Crippen molar-refractivity contribution in [1.82, 2.24) is 9.97 Å². The molecule has 31 heavy (non-hydrogen) atoms. The minimum absolute atomic E-state index is 0.0665. The van der Waals surface area contributed by atoms with Crippen molar-refractivity contribution in [2.45, 2.75) is 65.7 Å². The van der Waals surface area contributed by atoms with E-state index in [2.05, 4.69) is 23.8 Å². The van der Waals surface area contributed by atoms with E-state index in [1.807, 2.05) is 37.3 Å². The van der Waals surface area contributed by atoms with Crippen molar-refractivity contribution in [3.8, 4) is 23.0 Å². The van der Waals surface area contributed by atoms with Gasteiger partial charge in [-0.15, -0.1) is 0 Å². The zero-order chi connectivity index (χ0) is 22.3. The second-order valence-electron chi connectivity index (χ2n) is 7.78. The summed E-state index contributed by atoms with van der Waals surface area (Å²) in [5.74, 6) is 0.784. The van der Waals surface area contributed by atoms with Crippen molar-refractivity contribution < 1.29 is 19.0 Å². The Morgan fingerprint density at radius 3 is 2.45 bits per heavy atom. The fourth-order valence-corrected chi connectivity index (χ4v) is 2.93. The number of hydrogen-bond acceptors (Lipinski definition) is 6. The van der Waals surface area contributed by atoms with Crippen molar-refractivity contribution in [3.05, 3.63) is 36.5 Å². The fourth-order valence-electron chi connectivity index (χ4n) is 2.93. The van der Waals surface area contributed by atoms with E-state index in [4.69, 9.17) is 14.2 Å². The lowest BCUT2D eigenvalue weighted by atomic mass is 10.0. The van der Waals surface area contributed by atoms with E-state index in [-0.39, 0.29) is 12.0 Å². The largest absolute Gasteiger partial charge is 0.490 e. The molecule has 0 spiro atoms. The first kappa shape index (κ1) is 24.8. The molecule has 6 nitrogen and oxygen atoms in total. The van der Waals surface area contributed by atoms with Crippen molar-refractivity contribution in [2.24, 2.45) is 5.92 Å². The van der Waals surface area contributed by atoms with E-state index in [0.29, 0.717) is 30.4 Å². The Bertz CT molecular complexity index is 752. The number of rotatable bonds is 9. The third-order valence-corrected chi connectivity index (χ3v) is 5.06. The second-order valence-corrected chi connectivity index (χ2v) is 7.78. The van der Waals surface area contributed by atoms with Gasteiger partial charge in [-0.05, 0) is 38.0 Å². The lowest BCUT2D eigenvalue weighted by Crippen LogP contribution is -2.12. The molecule has 2 heterocycles. The SMILES string of the molecule is C1CCOCC1.CCCOc1cnc(OC(=O)CCC(C)CC)nc1-c1ccccc1. The van der Waals surface area contributed by atoms with Crippen LogP contribution in [0.3, 0.4) is 0 Å². The molecule has 0 bridgehead atoms. The molecule has 0 saturated carbocycles. The Balaban J connectivity index is 0.000000488. The number of aromatic nitrogens is 2. The average Bonchev–Trinajstić information content (AvgIpc) is 2.83. The maximum Gasteiger partial charge on any atom is 0.325 e. The highest BCUT2D eigenvalue weighted by Crippen LogP contribution is 2.29. The number of carbonyl (C=O) groups excluding carboxylic acids is 1. The van der Waals surface area contributed by atoms with Gasteiger partial charge >= 0.3 is 12.0 Å². The Morgan fingerprint density at radius 1 is 1.13 bits per heavy atom. The summed E-state index contributed by atoms with van der Waals surface area (Å²) in [6, 6.07) is 9.74. The van der Waals surface area contributed by atoms with Gasteiger partial charge in [0.2, 0.25) is 0 Å². The van der Waals surface area contributed by atoms with Crippen LogP contribution in [0.25, 0.3) is 11.3 Å². The number of carbonyl (C=O) groups is 1. The van der Waals surface area contributed by atoms with Crippen LogP contribution in [0.4, 0.5) is 0 Å². The van der Waals surface area contributed by atoms with Gasteiger partial charge in [0.25, 0.3) is 0 Å². The van der Waals surface area contributed by atoms with Gasteiger partial charge in [0.1, 0.15) is 5.69 Å². The summed E-state index contributed by atoms with van der Waals surface area (Å²) in [6.07, 6.45) is 8.61. The van der Waals surface area contributed by atoms with Crippen LogP contribution >= 0.6 is 0 Å². The molecular formula is C25H36N2O4. The molecule has 1 unspecified atom stereocenters. The van der Waals surface area contributed by atoms with Crippen LogP contribution in [0.2, 0.25) is 0 Å². The quantitative estimate of drug-likeness (QED) is 0.467. The summed E-state index contributed by atoms with van der Waals surface area (Å²) in [4.78, 5) is 20.5. The summed E-state index contributed by atoms with van der Waals surface area (Å²) in [7, 11) is 0. The van der Waals surface area contributed by atoms with E-state index in [1.165, 1.54) is 19.3 Å². The van der Waals surface area contributed by atoms with Crippen LogP contribution in [-0.2, 0) is 9.53 Å². The van der Waals surface area contributed by atoms with E-state index in [9.17, 15) is 4.79 Å². The third-order valence-electron chi connectivity index (χ3n) is 5.06. The van der Waals surface area contributed by atoms with Crippen LogP contribution in [0, 0.1) is 5.92 Å². The van der Waals surface area contributed by atoms with Gasteiger partial charge in [-0.25, -0.2) is 0 Å². The highest BCUT2D eigenvalue weighted by atomic mass is 16.5. The Morgan fingerprint density at radius 2 is 1.87 bits per heavy atom. The first-order valence-electron chi connectivity index (χ1n) is 11.5. The molecule has 2 aromatic rings. The molecule has 0 N–H and O–H groups in total. The molecule has 6 heteroatoms. The fraction of sp³-hybridized carbons (Fsp3) is 0.560. The number of esters is 1. The highest BCUT2D eigenvalue weighted by Gasteiger charge is 2.14. The minimum Gasteiger partial charge on any atom is -0.490 e. The van der Waals surface area contributed by atoms with Gasteiger partial charge in [0, 0.05) is 25.2 Å². The summed E-state index contributed by atoms with van der Waals surface area (Å²) >= 11 is 0. The third kappa shape index (κ3) is 9.47. The van der Waals surface area contributed by atoms with Crippen LogP contribution in [-0.4, -0.2) is 35.8 Å². The van der Waals surface area contributed by atoms with E-state index >= 15 is 0 Å². The maximum absolute atomic E-state index is 12.0. The van der Waals surface area contributed by atoms with Gasteiger partial charge < -0.3 is 14.2 Å². The predicted octanol–water partition coefficient (Wildman–Crippen LogP) is 5.85. The molecule has 1 aliphatic rings. The van der Waals surface area contributed by atoms with E-state index < -0.39 is 0 Å². The Hall–Kier alpha value is -2.47. The molecular weight excluding hydrogens is 392 g/mol. The maximum atomic E-state index is 12.0. The lowest BCUT2D eigenvalue weighted by Gasteiger charge is -2.11. The second kappa shape index (κ2) is 14.5. The molecule has 170 valence electrons. The summed E-state index contributed by atoms with van der Waals surface area (Å²) in [6.45, 7) is 8.85. The zero-order valence-electron chi connectivity index (χ0n) is 19.1. The van der Waals surface area contributed by atoms with Crippen LogP contribution in [0.1, 0.15) is 65.7 Å². The molecule has 1 aromatic carbocycles. The molecule has 1 saturated heterocycles. The molecule has 1 fully saturated rings. The first-order valence-corrected chi connectivity index (χ1v) is 11.5. The molecule has 3 rings (SSSR count). The Labute approximate surface area is 186 Å². The number of ether oxygens (including phenoxy) is 3. The van der Waals surface area contributed by atoms with Gasteiger partial charge in [-0.2, -0.15) is 9.97 Å². The van der Waals surface area contributed by atoms with Gasteiger partial charge in [-0.1, -0.05) is 57.5 Å². The van der Waals surface area contributed by atoms with Crippen molar-refractivity contribution in [3.63, 3.8) is 0 Å². The van der Waals surface area contributed by atoms with Crippen molar-refractivity contribution >= 4 is 5.97 Å². The standard InChI is InChI=1S/C20H26N2O3.C5H10O/c1-4-13-24-17-14-21-20(25-18(23)12-11-15(3)5-2)22-19(17)16-9-7-6-8-10-16;1-2-4-6-5-3-1/h6-10,14-15H,4-5,11-13H2,1-3H3;1-5H2. The Kier molecular flexibility index (Phi) is 11.6. The van der Waals surface area contributed by atoms with Crippen molar-refractivity contribution in [1.29, 1.82) is 0 Å². The first-order chi connectivity index (χ1) is 15.1. The number of nitrogens with zero attached hydrogens (tertiary/aromatic N) is 2. The highest BCUT2D eigenvalue weighted by molar-refractivity contribution is 5.72. The minimum atomic E-state index is -0.304. The molecule has 0 radical (unpaired) electrons. The average molecular weight is 429 g/mol. The molecule has 1 atom stereocenters. The number of benzene rings is 1. The monoisotopic (exact) mass is 428 g/mol. The van der Waals surface area contributed by atoms with E-state index in [1.54, 1.807) is 6.20 Å². The van der Waals surface area contributed by atoms with Gasteiger partial charge in [-0.3, -0.25) is 4.79 Å². The van der Waals surface area contributed by atoms with Gasteiger partial charge in [0.15, 0.2) is 5.75 Å². The van der Waals surface area contributed by atoms with Crippen molar-refractivity contribution in [2.75, 3.05) is 19.8 Å². The molecule has 1 aromatic heterocycles. The van der Waals surface area contributed by atoms with E-state index in [0.717, 1.165) is 38.0 Å². The normalized spacial score (nSPS) is 14.2. The van der Waals surface area contributed by atoms with Gasteiger partial charge in [0.05, 0.1) is 12.8 Å². The number of hydrogen-bond donors (Lipinski definition) is 0. The lowest BCUT2D eigenvalue weighted by molar-refractivity contribution is -0.135. The molecule has 0 aliphatic carbocycles. The summed E-state index contributed by atoms with van der Waals surface area (Å²) < 4.78 is 16.1. The predicted molar refractivity (Wildman–Crippen MR) is 122 cm³/mol.